The Hall–Kier alpha value is -2.50. The molecule has 1 aromatic rings. The lowest BCUT2D eigenvalue weighted by atomic mass is 10.0. The van der Waals surface area contributed by atoms with Crippen LogP contribution in [0.4, 0.5) is 4.39 Å². The zero-order valence-electron chi connectivity index (χ0n) is 16.9. The van der Waals surface area contributed by atoms with Crippen molar-refractivity contribution in [2.45, 2.75) is 62.4 Å². The number of rotatable bonds is 5. The molecule has 7 atom stereocenters. The van der Waals surface area contributed by atoms with Crippen LogP contribution in [-0.2, 0) is 9.59 Å². The average Bonchev–Trinajstić information content (AvgIpc) is 3.07. The maximum atomic E-state index is 14.2. The highest BCUT2D eigenvalue weighted by molar-refractivity contribution is 5.87. The maximum Gasteiger partial charge on any atom is 0.242 e. The molecule has 2 amide bonds. The number of hydrogen-bond donors (Lipinski definition) is 1. The minimum absolute atomic E-state index is 0.00846. The quantitative estimate of drug-likeness (QED) is 0.781. The van der Waals surface area contributed by atoms with E-state index in [9.17, 15) is 19.2 Å². The lowest BCUT2D eigenvalue weighted by Crippen LogP contribution is -2.57. The topological polar surface area (TPSA) is 93.7 Å². The van der Waals surface area contributed by atoms with E-state index in [1.807, 2.05) is 11.8 Å². The van der Waals surface area contributed by atoms with Crippen molar-refractivity contribution < 1.29 is 14.0 Å². The van der Waals surface area contributed by atoms with Crippen molar-refractivity contribution in [1.82, 2.24) is 14.7 Å². The van der Waals surface area contributed by atoms with Gasteiger partial charge in [-0.2, -0.15) is 5.26 Å². The first kappa shape index (κ1) is 19.5. The number of piperidine rings is 1. The molecule has 0 spiro atoms. The van der Waals surface area contributed by atoms with Gasteiger partial charge >= 0.3 is 0 Å². The summed E-state index contributed by atoms with van der Waals surface area (Å²) in [6, 6.07) is 7.17. The van der Waals surface area contributed by atoms with E-state index in [-0.39, 0.29) is 47.8 Å². The first-order chi connectivity index (χ1) is 14.4. The lowest BCUT2D eigenvalue weighted by Gasteiger charge is -2.38. The third-order valence-electron chi connectivity index (χ3n) is 7.34. The fraction of sp³-hybridized carbons (Fsp3) is 0.591. The molecular formula is C22H26FN5O2. The van der Waals surface area contributed by atoms with E-state index in [1.165, 1.54) is 6.07 Å². The van der Waals surface area contributed by atoms with E-state index < -0.39 is 6.04 Å². The van der Waals surface area contributed by atoms with Gasteiger partial charge < -0.3 is 15.5 Å². The minimum atomic E-state index is -0.746. The number of hydrogen-bond acceptors (Lipinski definition) is 5. The summed E-state index contributed by atoms with van der Waals surface area (Å²) in [4.78, 5) is 31.4. The molecular weight excluding hydrogens is 385 g/mol. The molecule has 8 heteroatoms. The molecule has 3 heterocycles. The fourth-order valence-electron chi connectivity index (χ4n) is 5.77. The van der Waals surface area contributed by atoms with Crippen LogP contribution in [0.25, 0.3) is 0 Å². The first-order valence-corrected chi connectivity index (χ1v) is 10.7. The number of likely N-dealkylation sites (tertiary alicyclic amines) is 3. The molecule has 7 nitrogen and oxygen atoms in total. The summed E-state index contributed by atoms with van der Waals surface area (Å²) < 4.78 is 14.2. The van der Waals surface area contributed by atoms with Gasteiger partial charge in [0.25, 0.3) is 0 Å². The van der Waals surface area contributed by atoms with Crippen LogP contribution in [-0.4, -0.2) is 69.8 Å². The van der Waals surface area contributed by atoms with Crippen LogP contribution in [0.1, 0.15) is 37.8 Å². The monoisotopic (exact) mass is 411 g/mol. The molecule has 30 heavy (non-hydrogen) atoms. The fourth-order valence-corrected chi connectivity index (χ4v) is 5.77. The van der Waals surface area contributed by atoms with Gasteiger partial charge in [0.1, 0.15) is 11.9 Å². The summed E-state index contributed by atoms with van der Waals surface area (Å²) in [6.07, 6.45) is 2.38. The number of benzene rings is 1. The lowest BCUT2D eigenvalue weighted by molar-refractivity contribution is -0.141. The molecule has 2 bridgehead atoms. The second-order valence-corrected chi connectivity index (χ2v) is 9.10. The number of nitrogens with two attached hydrogens (primary N) is 1. The predicted octanol–water partition coefficient (Wildman–Crippen LogP) is 1.01. The molecule has 5 rings (SSSR count). The Morgan fingerprint density at radius 3 is 2.80 bits per heavy atom. The zero-order valence-corrected chi connectivity index (χ0v) is 16.9. The molecule has 158 valence electrons. The molecule has 2 N–H and O–H groups in total. The number of carbonyl (C=O) groups excluding carboxylic acids is 2. The molecule has 1 saturated carbocycles. The van der Waals surface area contributed by atoms with Gasteiger partial charge in [-0.1, -0.05) is 18.2 Å². The Bertz CT molecular complexity index is 932. The number of fused-ring (bicyclic) bond motifs is 3. The number of nitrogens with zero attached hydrogens (tertiary/aromatic N) is 4. The van der Waals surface area contributed by atoms with E-state index >= 15 is 0 Å². The van der Waals surface area contributed by atoms with Gasteiger partial charge in [0.2, 0.25) is 11.8 Å². The van der Waals surface area contributed by atoms with Gasteiger partial charge in [0, 0.05) is 30.7 Å². The van der Waals surface area contributed by atoms with Gasteiger partial charge in [-0.15, -0.1) is 0 Å². The van der Waals surface area contributed by atoms with Gasteiger partial charge in [-0.25, -0.2) is 4.39 Å². The van der Waals surface area contributed by atoms with Crippen molar-refractivity contribution in [1.29, 1.82) is 5.26 Å². The van der Waals surface area contributed by atoms with E-state index in [0.29, 0.717) is 31.0 Å². The SMILES string of the molecule is C[C@@H](c1ccccc1F)N1C(=O)[C@@H]2C[C@H]1CN2C[C@H](N)C(=O)N1[C@H](C#N)C[C@@H]2C[C@@H]21. The summed E-state index contributed by atoms with van der Waals surface area (Å²) in [5.74, 6) is -0.0666. The van der Waals surface area contributed by atoms with E-state index in [4.69, 9.17) is 5.73 Å². The minimum Gasteiger partial charge on any atom is -0.330 e. The molecule has 3 aliphatic heterocycles. The second kappa shape index (κ2) is 7.03. The summed E-state index contributed by atoms with van der Waals surface area (Å²) in [5, 5.41) is 9.33. The molecule has 0 unspecified atom stereocenters. The van der Waals surface area contributed by atoms with Crippen molar-refractivity contribution in [2.75, 3.05) is 13.1 Å². The Morgan fingerprint density at radius 2 is 2.10 bits per heavy atom. The molecule has 3 saturated heterocycles. The Morgan fingerprint density at radius 1 is 1.33 bits per heavy atom. The summed E-state index contributed by atoms with van der Waals surface area (Å²) in [6.45, 7) is 2.79. The van der Waals surface area contributed by atoms with Crippen molar-refractivity contribution in [3.63, 3.8) is 0 Å². The number of piperazine rings is 1. The molecule has 1 aromatic carbocycles. The van der Waals surface area contributed by atoms with Crippen LogP contribution in [0.15, 0.2) is 24.3 Å². The highest BCUT2D eigenvalue weighted by Crippen LogP contribution is 2.48. The van der Waals surface area contributed by atoms with Crippen molar-refractivity contribution in [2.24, 2.45) is 11.7 Å². The third kappa shape index (κ3) is 2.91. The molecule has 4 fully saturated rings. The first-order valence-electron chi connectivity index (χ1n) is 10.7. The number of nitriles is 1. The Balaban J connectivity index is 1.24. The predicted molar refractivity (Wildman–Crippen MR) is 106 cm³/mol. The van der Waals surface area contributed by atoms with Crippen LogP contribution in [0.3, 0.4) is 0 Å². The van der Waals surface area contributed by atoms with Crippen LogP contribution < -0.4 is 5.73 Å². The summed E-state index contributed by atoms with van der Waals surface area (Å²) in [7, 11) is 0. The van der Waals surface area contributed by atoms with Crippen LogP contribution in [0.2, 0.25) is 0 Å². The molecule has 0 aromatic heterocycles. The Kier molecular flexibility index (Phi) is 4.56. The largest absolute Gasteiger partial charge is 0.330 e. The normalized spacial score (nSPS) is 34.1. The van der Waals surface area contributed by atoms with Crippen LogP contribution >= 0.6 is 0 Å². The third-order valence-corrected chi connectivity index (χ3v) is 7.34. The van der Waals surface area contributed by atoms with E-state index in [0.717, 1.165) is 12.8 Å². The highest BCUT2D eigenvalue weighted by Gasteiger charge is 2.56. The second-order valence-electron chi connectivity index (χ2n) is 9.10. The van der Waals surface area contributed by atoms with E-state index in [1.54, 1.807) is 28.0 Å². The van der Waals surface area contributed by atoms with Crippen LogP contribution in [0.5, 0.6) is 0 Å². The number of halogens is 1. The van der Waals surface area contributed by atoms with Crippen molar-refractivity contribution in [3.8, 4) is 6.07 Å². The molecule has 0 radical (unpaired) electrons. The molecule has 4 aliphatic rings. The highest BCUT2D eigenvalue weighted by atomic mass is 19.1. The Labute approximate surface area is 175 Å². The van der Waals surface area contributed by atoms with Gasteiger partial charge in [0.15, 0.2) is 0 Å². The van der Waals surface area contributed by atoms with Crippen molar-refractivity contribution >= 4 is 11.8 Å². The smallest absolute Gasteiger partial charge is 0.242 e. The van der Waals surface area contributed by atoms with E-state index in [2.05, 4.69) is 6.07 Å². The number of carbonyl (C=O) groups is 2. The van der Waals surface area contributed by atoms with Crippen molar-refractivity contribution in [3.05, 3.63) is 35.6 Å². The average molecular weight is 411 g/mol. The zero-order chi connectivity index (χ0) is 21.2. The van der Waals surface area contributed by atoms with Gasteiger partial charge in [0.05, 0.1) is 24.2 Å². The van der Waals surface area contributed by atoms with Gasteiger partial charge in [-0.3, -0.25) is 14.5 Å². The molecule has 1 aliphatic carbocycles. The summed E-state index contributed by atoms with van der Waals surface area (Å²) >= 11 is 0. The van der Waals surface area contributed by atoms with Gasteiger partial charge in [-0.05, 0) is 38.2 Å². The number of amides is 2. The standard InChI is InChI=1S/C22H26FN5O2/c1-12(16-4-2-3-5-17(16)23)27-15-8-20(22(27)30)26(10-15)11-18(25)21(29)28-14(9-24)6-13-7-19(13)28/h2-5,12-15,18-20H,6-8,10-11,25H2,1H3/t12-,13+,14-,15-,18-,19-,20-/m0/s1. The summed E-state index contributed by atoms with van der Waals surface area (Å²) in [5.41, 5.74) is 6.76. The maximum absolute atomic E-state index is 14.2. The van der Waals surface area contributed by atoms with Crippen LogP contribution in [0, 0.1) is 23.1 Å².